The minimum absolute atomic E-state index is 0.0863. The van der Waals surface area contributed by atoms with Gasteiger partial charge in [-0.2, -0.15) is 0 Å². The standard InChI is InChI=1S/C21H27NO2/c22-21(16-23)13-12-19(15-21)18-10-8-17(9-11-18)5-4-14-24-20-6-2-1-3-7-20/h1-3,6-11,19,23H,4-5,12-16,22H2/t19-,21+/m0/s1. The first-order valence-electron chi connectivity index (χ1n) is 8.85. The molecule has 2 atom stereocenters. The van der Waals surface area contributed by atoms with Crippen LogP contribution in [-0.4, -0.2) is 23.9 Å². The maximum atomic E-state index is 9.40. The van der Waals surface area contributed by atoms with E-state index in [1.807, 2.05) is 30.3 Å². The number of aliphatic hydroxyl groups is 1. The number of rotatable bonds is 7. The summed E-state index contributed by atoms with van der Waals surface area (Å²) in [5.41, 5.74) is 8.49. The first-order valence-corrected chi connectivity index (χ1v) is 8.85. The molecule has 2 aromatic rings. The number of benzene rings is 2. The monoisotopic (exact) mass is 325 g/mol. The Balaban J connectivity index is 1.45. The molecule has 0 spiro atoms. The number of aliphatic hydroxyl groups excluding tert-OH is 1. The van der Waals surface area contributed by atoms with Gasteiger partial charge in [0.1, 0.15) is 5.75 Å². The fraction of sp³-hybridized carbons (Fsp3) is 0.429. The van der Waals surface area contributed by atoms with Crippen LogP contribution in [0, 0.1) is 0 Å². The molecule has 0 saturated heterocycles. The zero-order chi connectivity index (χ0) is 16.8. The molecule has 3 heteroatoms. The van der Waals surface area contributed by atoms with Crippen molar-refractivity contribution in [3.8, 4) is 5.75 Å². The van der Waals surface area contributed by atoms with Crippen molar-refractivity contribution in [2.24, 2.45) is 5.73 Å². The summed E-state index contributed by atoms with van der Waals surface area (Å²) in [4.78, 5) is 0. The minimum Gasteiger partial charge on any atom is -0.494 e. The lowest BCUT2D eigenvalue weighted by Crippen LogP contribution is -2.40. The summed E-state index contributed by atoms with van der Waals surface area (Å²) < 4.78 is 5.73. The molecule has 24 heavy (non-hydrogen) atoms. The van der Waals surface area contributed by atoms with Gasteiger partial charge in [0.25, 0.3) is 0 Å². The summed E-state index contributed by atoms with van der Waals surface area (Å²) in [6.45, 7) is 0.823. The number of nitrogens with two attached hydrogens (primary N) is 1. The number of hydrogen-bond donors (Lipinski definition) is 2. The summed E-state index contributed by atoms with van der Waals surface area (Å²) in [7, 11) is 0. The predicted octanol–water partition coefficient (Wildman–Crippen LogP) is 3.66. The Hall–Kier alpha value is -1.84. The smallest absolute Gasteiger partial charge is 0.119 e. The van der Waals surface area contributed by atoms with E-state index in [1.165, 1.54) is 11.1 Å². The molecule has 3 nitrogen and oxygen atoms in total. The lowest BCUT2D eigenvalue weighted by molar-refractivity contribution is 0.198. The zero-order valence-corrected chi connectivity index (χ0v) is 14.2. The van der Waals surface area contributed by atoms with E-state index in [-0.39, 0.29) is 12.1 Å². The Kier molecular flexibility index (Phi) is 5.54. The van der Waals surface area contributed by atoms with Gasteiger partial charge in [0, 0.05) is 5.54 Å². The molecule has 3 rings (SSSR count). The van der Waals surface area contributed by atoms with Crippen molar-refractivity contribution in [1.82, 2.24) is 0 Å². The Labute approximate surface area is 144 Å². The van der Waals surface area contributed by atoms with Gasteiger partial charge >= 0.3 is 0 Å². The van der Waals surface area contributed by atoms with Crippen LogP contribution in [0.1, 0.15) is 42.7 Å². The Morgan fingerprint density at radius 3 is 2.50 bits per heavy atom. The highest BCUT2D eigenvalue weighted by Crippen LogP contribution is 2.39. The second kappa shape index (κ2) is 7.82. The third kappa shape index (κ3) is 4.37. The van der Waals surface area contributed by atoms with Crippen LogP contribution in [0.3, 0.4) is 0 Å². The lowest BCUT2D eigenvalue weighted by atomic mass is 9.93. The maximum Gasteiger partial charge on any atom is 0.119 e. The van der Waals surface area contributed by atoms with Gasteiger partial charge in [-0.1, -0.05) is 42.5 Å². The summed E-state index contributed by atoms with van der Waals surface area (Å²) in [6.07, 6.45) is 4.89. The van der Waals surface area contributed by atoms with E-state index in [1.54, 1.807) is 0 Å². The Bertz CT molecular complexity index is 626. The van der Waals surface area contributed by atoms with Gasteiger partial charge in [0.2, 0.25) is 0 Å². The number of ether oxygens (including phenoxy) is 1. The molecule has 1 fully saturated rings. The van der Waals surface area contributed by atoms with Crippen LogP contribution in [0.2, 0.25) is 0 Å². The van der Waals surface area contributed by atoms with Crippen LogP contribution in [-0.2, 0) is 6.42 Å². The molecular formula is C21H27NO2. The van der Waals surface area contributed by atoms with Crippen molar-refractivity contribution in [3.05, 3.63) is 65.7 Å². The molecule has 3 N–H and O–H groups in total. The molecule has 0 heterocycles. The van der Waals surface area contributed by atoms with Crippen molar-refractivity contribution >= 4 is 0 Å². The number of hydrogen-bond acceptors (Lipinski definition) is 3. The fourth-order valence-corrected chi connectivity index (χ4v) is 3.52. The molecule has 128 valence electrons. The van der Waals surface area contributed by atoms with Crippen molar-refractivity contribution < 1.29 is 9.84 Å². The van der Waals surface area contributed by atoms with Gasteiger partial charge in [-0.05, 0) is 61.3 Å². The summed E-state index contributed by atoms with van der Waals surface area (Å²) in [6, 6.07) is 18.8. The summed E-state index contributed by atoms with van der Waals surface area (Å²) >= 11 is 0. The van der Waals surface area contributed by atoms with Gasteiger partial charge in [-0.3, -0.25) is 0 Å². The summed E-state index contributed by atoms with van der Waals surface area (Å²) in [5, 5.41) is 9.40. The van der Waals surface area contributed by atoms with Crippen LogP contribution in [0.25, 0.3) is 0 Å². The molecule has 1 saturated carbocycles. The van der Waals surface area contributed by atoms with Crippen LogP contribution >= 0.6 is 0 Å². The van der Waals surface area contributed by atoms with Gasteiger partial charge in [-0.15, -0.1) is 0 Å². The highest BCUT2D eigenvalue weighted by Gasteiger charge is 2.35. The van der Waals surface area contributed by atoms with Crippen molar-refractivity contribution in [2.45, 2.75) is 43.6 Å². The van der Waals surface area contributed by atoms with Crippen molar-refractivity contribution in [3.63, 3.8) is 0 Å². The van der Waals surface area contributed by atoms with E-state index in [0.29, 0.717) is 5.92 Å². The molecular weight excluding hydrogens is 298 g/mol. The van der Waals surface area contributed by atoms with Crippen LogP contribution in [0.4, 0.5) is 0 Å². The van der Waals surface area contributed by atoms with E-state index in [2.05, 4.69) is 24.3 Å². The van der Waals surface area contributed by atoms with Crippen LogP contribution < -0.4 is 10.5 Å². The second-order valence-electron chi connectivity index (χ2n) is 6.97. The van der Waals surface area contributed by atoms with E-state index >= 15 is 0 Å². The summed E-state index contributed by atoms with van der Waals surface area (Å²) in [5.74, 6) is 1.42. The minimum atomic E-state index is -0.377. The van der Waals surface area contributed by atoms with E-state index < -0.39 is 0 Å². The third-order valence-corrected chi connectivity index (χ3v) is 5.03. The molecule has 0 aliphatic heterocycles. The Morgan fingerprint density at radius 1 is 1.08 bits per heavy atom. The van der Waals surface area contributed by atoms with Gasteiger partial charge in [0.05, 0.1) is 13.2 Å². The topological polar surface area (TPSA) is 55.5 Å². The quantitative estimate of drug-likeness (QED) is 0.764. The van der Waals surface area contributed by atoms with E-state index in [9.17, 15) is 5.11 Å². The molecule has 2 aromatic carbocycles. The number of para-hydroxylation sites is 1. The van der Waals surface area contributed by atoms with Crippen molar-refractivity contribution in [1.29, 1.82) is 0 Å². The lowest BCUT2D eigenvalue weighted by Gasteiger charge is -2.21. The SMILES string of the molecule is N[C@]1(CO)CC[C@H](c2ccc(CCCOc3ccccc3)cc2)C1. The highest BCUT2D eigenvalue weighted by atomic mass is 16.5. The number of aryl methyl sites for hydroxylation is 1. The van der Waals surface area contributed by atoms with Crippen LogP contribution in [0.15, 0.2) is 54.6 Å². The normalized spacial score (nSPS) is 23.3. The first-order chi connectivity index (χ1) is 11.7. The van der Waals surface area contributed by atoms with E-state index in [0.717, 1.165) is 44.5 Å². The average Bonchev–Trinajstić information content (AvgIpc) is 3.03. The van der Waals surface area contributed by atoms with Crippen molar-refractivity contribution in [2.75, 3.05) is 13.2 Å². The molecule has 0 amide bonds. The molecule has 1 aliphatic rings. The largest absolute Gasteiger partial charge is 0.494 e. The molecule has 0 unspecified atom stereocenters. The second-order valence-corrected chi connectivity index (χ2v) is 6.97. The third-order valence-electron chi connectivity index (χ3n) is 5.03. The average molecular weight is 325 g/mol. The fourth-order valence-electron chi connectivity index (χ4n) is 3.52. The molecule has 0 bridgehead atoms. The van der Waals surface area contributed by atoms with Crippen LogP contribution in [0.5, 0.6) is 5.75 Å². The first kappa shape index (κ1) is 17.0. The van der Waals surface area contributed by atoms with Gasteiger partial charge < -0.3 is 15.6 Å². The molecule has 0 radical (unpaired) electrons. The molecule has 1 aliphatic carbocycles. The Morgan fingerprint density at radius 2 is 1.83 bits per heavy atom. The maximum absolute atomic E-state index is 9.40. The van der Waals surface area contributed by atoms with E-state index in [4.69, 9.17) is 10.5 Å². The molecule has 0 aromatic heterocycles. The van der Waals surface area contributed by atoms with Gasteiger partial charge in [0.15, 0.2) is 0 Å². The predicted molar refractivity (Wildman–Crippen MR) is 97.3 cm³/mol. The van der Waals surface area contributed by atoms with Gasteiger partial charge in [-0.25, -0.2) is 0 Å². The zero-order valence-electron chi connectivity index (χ0n) is 14.2. The highest BCUT2D eigenvalue weighted by molar-refractivity contribution is 5.27.